The highest BCUT2D eigenvalue weighted by Gasteiger charge is 2.28. The van der Waals surface area contributed by atoms with E-state index in [2.05, 4.69) is 11.4 Å². The Bertz CT molecular complexity index is 1220. The van der Waals surface area contributed by atoms with Crippen LogP contribution in [0.4, 0.5) is 5.69 Å². The molecule has 3 aromatic rings. The van der Waals surface area contributed by atoms with Crippen LogP contribution >= 0.6 is 11.6 Å². The number of aryl methyl sites for hydroxylation is 3. The number of benzene rings is 3. The number of halogens is 1. The molecule has 1 N–H and O–H groups in total. The summed E-state index contributed by atoms with van der Waals surface area (Å²) in [7, 11) is -3.99. The topological polar surface area (TPSA) is 66.5 Å². The molecule has 0 fully saturated rings. The first-order valence-corrected chi connectivity index (χ1v) is 12.6. The molecule has 174 valence electrons. The molecule has 0 heterocycles. The van der Waals surface area contributed by atoms with Gasteiger partial charge in [0.1, 0.15) is 6.54 Å². The van der Waals surface area contributed by atoms with Gasteiger partial charge in [0.05, 0.1) is 16.6 Å². The second-order valence-corrected chi connectivity index (χ2v) is 10.5. The summed E-state index contributed by atoms with van der Waals surface area (Å²) in [5.74, 6) is -0.375. The Kier molecular flexibility index (Phi) is 7.82. The van der Waals surface area contributed by atoms with Gasteiger partial charge in [-0.3, -0.25) is 9.10 Å². The van der Waals surface area contributed by atoms with E-state index in [-0.39, 0.29) is 23.4 Å². The quantitative estimate of drug-likeness (QED) is 0.444. The average Bonchev–Trinajstić information content (AvgIpc) is 2.77. The maximum absolute atomic E-state index is 13.5. The Morgan fingerprint density at radius 1 is 0.939 bits per heavy atom. The third-order valence-corrected chi connectivity index (χ3v) is 7.60. The SMILES string of the molecule is CCC(NC(=O)CN(c1ccc(C)cc1)S(=O)(=O)c1ccc(Cl)cc1)c1ccc(C)cc1C. The van der Waals surface area contributed by atoms with Crippen LogP contribution in [0.15, 0.2) is 71.6 Å². The van der Waals surface area contributed by atoms with Gasteiger partial charge in [-0.15, -0.1) is 0 Å². The van der Waals surface area contributed by atoms with E-state index in [0.29, 0.717) is 17.1 Å². The summed E-state index contributed by atoms with van der Waals surface area (Å²) in [5.41, 5.74) is 4.68. The van der Waals surface area contributed by atoms with Gasteiger partial charge in [0.15, 0.2) is 0 Å². The Morgan fingerprint density at radius 3 is 2.12 bits per heavy atom. The van der Waals surface area contributed by atoms with E-state index in [1.807, 2.05) is 52.0 Å². The molecule has 33 heavy (non-hydrogen) atoms. The van der Waals surface area contributed by atoms with Crippen LogP contribution in [-0.4, -0.2) is 20.9 Å². The minimum atomic E-state index is -3.99. The van der Waals surface area contributed by atoms with Crippen LogP contribution in [0, 0.1) is 20.8 Å². The van der Waals surface area contributed by atoms with E-state index in [9.17, 15) is 13.2 Å². The average molecular weight is 485 g/mol. The molecule has 0 aromatic heterocycles. The van der Waals surface area contributed by atoms with E-state index in [1.54, 1.807) is 12.1 Å². The van der Waals surface area contributed by atoms with Crippen LogP contribution in [0.3, 0.4) is 0 Å². The van der Waals surface area contributed by atoms with Crippen LogP contribution in [-0.2, 0) is 14.8 Å². The van der Waals surface area contributed by atoms with E-state index in [1.165, 1.54) is 24.3 Å². The van der Waals surface area contributed by atoms with Gasteiger partial charge in [0.2, 0.25) is 5.91 Å². The number of amides is 1. The largest absolute Gasteiger partial charge is 0.348 e. The maximum Gasteiger partial charge on any atom is 0.264 e. The lowest BCUT2D eigenvalue weighted by atomic mass is 9.97. The highest BCUT2D eigenvalue weighted by molar-refractivity contribution is 7.92. The molecule has 0 saturated heterocycles. The monoisotopic (exact) mass is 484 g/mol. The van der Waals surface area contributed by atoms with E-state index >= 15 is 0 Å². The molecule has 0 spiro atoms. The number of hydrogen-bond donors (Lipinski definition) is 1. The van der Waals surface area contributed by atoms with Crippen molar-refractivity contribution in [2.75, 3.05) is 10.8 Å². The Morgan fingerprint density at radius 2 is 1.55 bits per heavy atom. The lowest BCUT2D eigenvalue weighted by Gasteiger charge is -2.26. The Hall–Kier alpha value is -2.83. The van der Waals surface area contributed by atoms with Crippen molar-refractivity contribution in [1.82, 2.24) is 5.32 Å². The molecule has 7 heteroatoms. The molecule has 0 aliphatic heterocycles. The molecule has 3 rings (SSSR count). The third kappa shape index (κ3) is 5.95. The summed E-state index contributed by atoms with van der Waals surface area (Å²) in [4.78, 5) is 13.2. The molecule has 0 radical (unpaired) electrons. The number of carbonyl (C=O) groups is 1. The molecule has 1 atom stereocenters. The summed E-state index contributed by atoms with van der Waals surface area (Å²) in [6.07, 6.45) is 0.685. The van der Waals surface area contributed by atoms with Crippen molar-refractivity contribution in [2.24, 2.45) is 0 Å². The number of anilines is 1. The van der Waals surface area contributed by atoms with Gasteiger partial charge in [-0.2, -0.15) is 0 Å². The van der Waals surface area contributed by atoms with Gasteiger partial charge in [-0.25, -0.2) is 8.42 Å². The standard InChI is InChI=1S/C26H29ClN2O3S/c1-5-25(24-15-8-19(3)16-20(24)4)28-26(30)17-29(22-11-6-18(2)7-12-22)33(31,32)23-13-9-21(27)10-14-23/h6-16,25H,5,17H2,1-4H3,(H,28,30). The van der Waals surface area contributed by atoms with Crippen molar-refractivity contribution >= 4 is 33.2 Å². The molecule has 1 unspecified atom stereocenters. The van der Waals surface area contributed by atoms with Crippen molar-refractivity contribution in [3.63, 3.8) is 0 Å². The second kappa shape index (κ2) is 10.4. The van der Waals surface area contributed by atoms with Crippen LogP contribution in [0.25, 0.3) is 0 Å². The van der Waals surface area contributed by atoms with Gasteiger partial charge in [-0.1, -0.05) is 60.0 Å². The molecular formula is C26H29ClN2O3S. The van der Waals surface area contributed by atoms with Gasteiger partial charge in [-0.05, 0) is 74.7 Å². The number of nitrogens with zero attached hydrogens (tertiary/aromatic N) is 1. The van der Waals surface area contributed by atoms with Crippen LogP contribution in [0.2, 0.25) is 5.02 Å². The fraction of sp³-hybridized carbons (Fsp3) is 0.269. The molecule has 3 aromatic carbocycles. The number of carbonyl (C=O) groups excluding carboxylic acids is 1. The van der Waals surface area contributed by atoms with Crippen LogP contribution in [0.5, 0.6) is 0 Å². The first-order valence-electron chi connectivity index (χ1n) is 10.8. The lowest BCUT2D eigenvalue weighted by Crippen LogP contribution is -2.42. The van der Waals surface area contributed by atoms with Crippen LogP contribution < -0.4 is 9.62 Å². The lowest BCUT2D eigenvalue weighted by molar-refractivity contribution is -0.120. The summed E-state index contributed by atoms with van der Waals surface area (Å²) in [6.45, 7) is 7.62. The van der Waals surface area contributed by atoms with Gasteiger partial charge in [0.25, 0.3) is 10.0 Å². The first-order chi connectivity index (χ1) is 15.6. The Labute approximate surface area is 201 Å². The minimum absolute atomic E-state index is 0.0710. The zero-order chi connectivity index (χ0) is 24.2. The van der Waals surface area contributed by atoms with Crippen molar-refractivity contribution in [2.45, 2.75) is 45.1 Å². The predicted molar refractivity (Wildman–Crippen MR) is 134 cm³/mol. The van der Waals surface area contributed by atoms with Gasteiger partial charge >= 0.3 is 0 Å². The molecule has 0 saturated carbocycles. The fourth-order valence-electron chi connectivity index (χ4n) is 3.75. The Balaban J connectivity index is 1.91. The van der Waals surface area contributed by atoms with Crippen molar-refractivity contribution in [3.05, 3.63) is 94.0 Å². The van der Waals surface area contributed by atoms with E-state index in [4.69, 9.17) is 11.6 Å². The fourth-order valence-corrected chi connectivity index (χ4v) is 5.29. The normalized spacial score (nSPS) is 12.3. The highest BCUT2D eigenvalue weighted by Crippen LogP contribution is 2.26. The zero-order valence-electron chi connectivity index (χ0n) is 19.3. The number of hydrogen-bond acceptors (Lipinski definition) is 3. The molecule has 1 amide bonds. The van der Waals surface area contributed by atoms with Gasteiger partial charge in [0, 0.05) is 5.02 Å². The second-order valence-electron chi connectivity index (χ2n) is 8.19. The van der Waals surface area contributed by atoms with Crippen molar-refractivity contribution < 1.29 is 13.2 Å². The van der Waals surface area contributed by atoms with E-state index < -0.39 is 10.0 Å². The summed E-state index contributed by atoms with van der Waals surface area (Å²) >= 11 is 5.94. The number of sulfonamides is 1. The molecular weight excluding hydrogens is 456 g/mol. The summed E-state index contributed by atoms with van der Waals surface area (Å²) < 4.78 is 28.1. The number of rotatable bonds is 8. The van der Waals surface area contributed by atoms with E-state index in [0.717, 1.165) is 26.6 Å². The molecule has 0 aliphatic rings. The molecule has 0 bridgehead atoms. The molecule has 0 aliphatic carbocycles. The smallest absolute Gasteiger partial charge is 0.264 e. The molecule has 5 nitrogen and oxygen atoms in total. The minimum Gasteiger partial charge on any atom is -0.348 e. The summed E-state index contributed by atoms with van der Waals surface area (Å²) in [6, 6.07) is 18.9. The highest BCUT2D eigenvalue weighted by atomic mass is 35.5. The zero-order valence-corrected chi connectivity index (χ0v) is 20.9. The predicted octanol–water partition coefficient (Wildman–Crippen LogP) is 5.73. The number of nitrogens with one attached hydrogen (secondary N) is 1. The third-order valence-electron chi connectivity index (χ3n) is 5.55. The maximum atomic E-state index is 13.5. The van der Waals surface area contributed by atoms with Crippen molar-refractivity contribution in [3.8, 4) is 0 Å². The van der Waals surface area contributed by atoms with Crippen molar-refractivity contribution in [1.29, 1.82) is 0 Å². The first kappa shape index (κ1) is 24.8. The summed E-state index contributed by atoms with van der Waals surface area (Å²) in [5, 5.41) is 3.46. The van der Waals surface area contributed by atoms with Crippen LogP contribution in [0.1, 0.15) is 41.6 Å². The van der Waals surface area contributed by atoms with Gasteiger partial charge < -0.3 is 5.32 Å².